The van der Waals surface area contributed by atoms with Crippen molar-refractivity contribution in [2.75, 3.05) is 26.4 Å². The molecule has 12 nitrogen and oxygen atoms in total. The molecule has 13 heteroatoms. The van der Waals surface area contributed by atoms with Crippen LogP contribution in [0.15, 0.2) is 24.3 Å². The molecule has 1 rings (SSSR count). The van der Waals surface area contributed by atoms with E-state index in [2.05, 4.69) is 35.4 Å². The number of hydrogen-bond acceptors (Lipinski definition) is 11. The van der Waals surface area contributed by atoms with Gasteiger partial charge in [-0.2, -0.15) is 8.42 Å². The molecule has 0 amide bonds. The van der Waals surface area contributed by atoms with Crippen LogP contribution in [0.2, 0.25) is 0 Å². The van der Waals surface area contributed by atoms with Crippen LogP contribution in [0.1, 0.15) is 110 Å². The van der Waals surface area contributed by atoms with Crippen molar-refractivity contribution >= 4 is 16.4 Å². The van der Waals surface area contributed by atoms with Crippen molar-refractivity contribution in [2.45, 2.75) is 147 Å². The number of aliphatic hydroxyl groups excluding tert-OH is 3. The minimum absolute atomic E-state index is 0.0257. The topological polar surface area (TPSA) is 178 Å². The van der Waals surface area contributed by atoms with Crippen molar-refractivity contribution in [3.8, 4) is 0 Å². The van der Waals surface area contributed by atoms with E-state index in [9.17, 15) is 28.5 Å². The fourth-order valence-electron chi connectivity index (χ4n) is 4.74. The molecule has 0 spiro atoms. The molecule has 0 aromatic heterocycles. The van der Waals surface area contributed by atoms with Crippen molar-refractivity contribution in [1.29, 1.82) is 0 Å². The van der Waals surface area contributed by atoms with Gasteiger partial charge in [0.15, 0.2) is 6.29 Å². The first kappa shape index (κ1) is 41.6. The number of unbranched alkanes of at least 4 members (excludes halogenated alkanes) is 10. The largest absolute Gasteiger partial charge is 0.457 e. The zero-order chi connectivity index (χ0) is 33.3. The van der Waals surface area contributed by atoms with Gasteiger partial charge in [0.2, 0.25) is 0 Å². The van der Waals surface area contributed by atoms with Gasteiger partial charge in [0, 0.05) is 13.0 Å². The minimum Gasteiger partial charge on any atom is -0.457 e. The maximum absolute atomic E-state index is 12.3. The number of ether oxygens (including phenoxy) is 4. The second kappa shape index (κ2) is 25.6. The quantitative estimate of drug-likeness (QED) is 0.0416. The Labute approximate surface area is 270 Å². The summed E-state index contributed by atoms with van der Waals surface area (Å²) in [4.78, 5) is 12.3. The molecular formula is C32H58O12S. The van der Waals surface area contributed by atoms with Gasteiger partial charge in [0.1, 0.15) is 30.5 Å². The molecule has 4 N–H and O–H groups in total. The minimum atomic E-state index is -5.04. The van der Waals surface area contributed by atoms with E-state index in [4.69, 9.17) is 23.5 Å². The Balaban J connectivity index is 2.38. The molecule has 0 bridgehead atoms. The first-order chi connectivity index (χ1) is 21.6. The lowest BCUT2D eigenvalue weighted by atomic mass is 9.99. The molecule has 0 aromatic carbocycles. The lowest BCUT2D eigenvalue weighted by molar-refractivity contribution is -0.301. The van der Waals surface area contributed by atoms with Crippen LogP contribution in [-0.4, -0.2) is 97.5 Å². The van der Waals surface area contributed by atoms with Gasteiger partial charge in [0.25, 0.3) is 0 Å². The summed E-state index contributed by atoms with van der Waals surface area (Å²) in [5.41, 5.74) is 0. The Morgan fingerprint density at radius 2 is 1.47 bits per heavy atom. The van der Waals surface area contributed by atoms with E-state index in [1.54, 1.807) is 0 Å². The Bertz CT molecular complexity index is 910. The lowest BCUT2D eigenvalue weighted by Gasteiger charge is -2.41. The van der Waals surface area contributed by atoms with Crippen LogP contribution in [0.3, 0.4) is 0 Å². The van der Waals surface area contributed by atoms with Gasteiger partial charge < -0.3 is 34.3 Å². The summed E-state index contributed by atoms with van der Waals surface area (Å²) < 4.78 is 58.0. The van der Waals surface area contributed by atoms with Crippen LogP contribution in [0.5, 0.6) is 0 Å². The predicted molar refractivity (Wildman–Crippen MR) is 170 cm³/mol. The van der Waals surface area contributed by atoms with Gasteiger partial charge >= 0.3 is 16.4 Å². The van der Waals surface area contributed by atoms with E-state index in [-0.39, 0.29) is 19.6 Å². The van der Waals surface area contributed by atoms with E-state index in [0.29, 0.717) is 13.0 Å². The van der Waals surface area contributed by atoms with Crippen molar-refractivity contribution in [1.82, 2.24) is 0 Å². The number of carbonyl (C=O) groups is 1. The highest BCUT2D eigenvalue weighted by Crippen LogP contribution is 2.26. The number of allylic oxidation sites excluding steroid dienone is 4. The smallest absolute Gasteiger partial charge is 0.397 e. The third kappa shape index (κ3) is 20.4. The van der Waals surface area contributed by atoms with Crippen molar-refractivity contribution < 1.29 is 56.2 Å². The number of esters is 1. The zero-order valence-corrected chi connectivity index (χ0v) is 28.0. The zero-order valence-electron chi connectivity index (χ0n) is 27.2. The van der Waals surface area contributed by atoms with Crippen molar-refractivity contribution in [2.24, 2.45) is 0 Å². The first-order valence-corrected chi connectivity index (χ1v) is 18.0. The van der Waals surface area contributed by atoms with Crippen LogP contribution >= 0.6 is 0 Å². The Hall–Kier alpha value is -1.42. The molecule has 0 radical (unpaired) electrons. The van der Waals surface area contributed by atoms with Gasteiger partial charge in [0.05, 0.1) is 19.8 Å². The SMILES string of the molecule is CCCCC/C=C\C/C=C\CCCCCCCCOCC(COC1OC(CO)C(O)C(OS(=O)(=O)O)C1O)OC(=O)CCCC. The van der Waals surface area contributed by atoms with Crippen molar-refractivity contribution in [3.63, 3.8) is 0 Å². The van der Waals surface area contributed by atoms with E-state index < -0.39 is 59.8 Å². The molecule has 1 saturated heterocycles. The molecule has 1 fully saturated rings. The van der Waals surface area contributed by atoms with Gasteiger partial charge in [-0.1, -0.05) is 83.1 Å². The molecule has 0 aliphatic carbocycles. The number of hydrogen-bond donors (Lipinski definition) is 4. The molecule has 6 atom stereocenters. The van der Waals surface area contributed by atoms with Crippen LogP contribution < -0.4 is 0 Å². The maximum atomic E-state index is 12.3. The number of aliphatic hydroxyl groups is 3. The van der Waals surface area contributed by atoms with E-state index in [1.807, 2.05) is 6.92 Å². The molecule has 264 valence electrons. The summed E-state index contributed by atoms with van der Waals surface area (Å²) in [5.74, 6) is -0.441. The van der Waals surface area contributed by atoms with Crippen LogP contribution in [0.4, 0.5) is 0 Å². The van der Waals surface area contributed by atoms with Gasteiger partial charge in [-0.25, -0.2) is 4.18 Å². The van der Waals surface area contributed by atoms with Crippen LogP contribution in [0.25, 0.3) is 0 Å². The third-order valence-corrected chi connectivity index (χ3v) is 7.79. The monoisotopic (exact) mass is 666 g/mol. The average molecular weight is 667 g/mol. The van der Waals surface area contributed by atoms with E-state index >= 15 is 0 Å². The fraction of sp³-hybridized carbons (Fsp3) is 0.844. The summed E-state index contributed by atoms with van der Waals surface area (Å²) in [5, 5.41) is 30.2. The summed E-state index contributed by atoms with van der Waals surface area (Å²) in [7, 11) is -5.04. The van der Waals surface area contributed by atoms with E-state index in [1.165, 1.54) is 38.5 Å². The standard InChI is InChI=1S/C32H58O12S/c1-3-5-7-8-9-10-11-12-13-14-15-16-17-18-19-20-22-40-24-26(42-28(34)21-6-4-2)25-41-32-30(36)31(44-45(37,38)39)29(35)27(23-33)43-32/h9-10,12-13,26-27,29-33,35-36H,3-8,11,14-25H2,1-2H3,(H,37,38,39)/b10-9-,13-12-. The van der Waals surface area contributed by atoms with Crippen molar-refractivity contribution in [3.05, 3.63) is 24.3 Å². The van der Waals surface area contributed by atoms with Gasteiger partial charge in [-0.15, -0.1) is 0 Å². The summed E-state index contributed by atoms with van der Waals surface area (Å²) in [6, 6.07) is 0. The fourth-order valence-corrected chi connectivity index (χ4v) is 5.24. The average Bonchev–Trinajstić information content (AvgIpc) is 3.00. The summed E-state index contributed by atoms with van der Waals surface area (Å²) in [6.07, 6.45) is 15.0. The van der Waals surface area contributed by atoms with Crippen LogP contribution in [-0.2, 0) is 38.3 Å². The first-order valence-electron chi connectivity index (χ1n) is 16.6. The molecule has 45 heavy (non-hydrogen) atoms. The van der Waals surface area contributed by atoms with Crippen LogP contribution in [0, 0.1) is 0 Å². The Morgan fingerprint density at radius 3 is 2.09 bits per heavy atom. The lowest BCUT2D eigenvalue weighted by Crippen LogP contribution is -2.60. The molecule has 1 heterocycles. The third-order valence-electron chi connectivity index (χ3n) is 7.33. The Kier molecular flexibility index (Phi) is 23.7. The normalized spacial score (nSPS) is 23.2. The summed E-state index contributed by atoms with van der Waals surface area (Å²) in [6.45, 7) is 3.63. The number of rotatable bonds is 27. The molecule has 0 saturated carbocycles. The van der Waals surface area contributed by atoms with Gasteiger partial charge in [-0.3, -0.25) is 9.35 Å². The highest BCUT2D eigenvalue weighted by Gasteiger charge is 2.48. The highest BCUT2D eigenvalue weighted by atomic mass is 32.3. The number of carbonyl (C=O) groups excluding carboxylic acids is 1. The molecule has 1 aliphatic rings. The second-order valence-corrected chi connectivity index (χ2v) is 12.5. The molecular weight excluding hydrogens is 608 g/mol. The highest BCUT2D eigenvalue weighted by molar-refractivity contribution is 7.80. The molecule has 0 aromatic rings. The predicted octanol–water partition coefficient (Wildman–Crippen LogP) is 4.56. The van der Waals surface area contributed by atoms with Gasteiger partial charge in [-0.05, 0) is 44.9 Å². The Morgan fingerprint density at radius 1 is 0.844 bits per heavy atom. The molecule has 6 unspecified atom stereocenters. The maximum Gasteiger partial charge on any atom is 0.397 e. The second-order valence-electron chi connectivity index (χ2n) is 11.4. The molecule has 1 aliphatic heterocycles. The summed E-state index contributed by atoms with van der Waals surface area (Å²) >= 11 is 0. The van der Waals surface area contributed by atoms with E-state index in [0.717, 1.165) is 44.9 Å².